The largest absolute Gasteiger partial charge is 0.363 e. The van der Waals surface area contributed by atoms with E-state index >= 15 is 0 Å². The molecule has 1 fully saturated rings. The lowest BCUT2D eigenvalue weighted by atomic mass is 10.2. The van der Waals surface area contributed by atoms with E-state index in [0.29, 0.717) is 6.07 Å². The van der Waals surface area contributed by atoms with Crippen molar-refractivity contribution >= 4 is 21.4 Å². The predicted octanol–water partition coefficient (Wildman–Crippen LogP) is 2.52. The van der Waals surface area contributed by atoms with Crippen LogP contribution in [0.15, 0.2) is 41.3 Å². The normalized spacial score (nSPS) is 15.7. The van der Waals surface area contributed by atoms with Crippen LogP contribution >= 0.6 is 0 Å². The molecule has 0 amide bonds. The lowest BCUT2D eigenvalue weighted by molar-refractivity contribution is -0.384. The third-order valence-corrected chi connectivity index (χ3v) is 6.14. The van der Waals surface area contributed by atoms with E-state index in [1.807, 2.05) is 0 Å². The van der Waals surface area contributed by atoms with Crippen molar-refractivity contribution in [1.82, 2.24) is 4.31 Å². The Morgan fingerprint density at radius 2 is 1.52 bits per heavy atom. The Labute approximate surface area is 152 Å². The molecule has 0 spiro atoms. The maximum atomic E-state index is 13.8. The second-order valence-corrected chi connectivity index (χ2v) is 7.76. The van der Waals surface area contributed by atoms with Crippen molar-refractivity contribution in [3.05, 3.63) is 64.0 Å². The molecule has 0 atom stereocenters. The highest BCUT2D eigenvalue weighted by atomic mass is 32.2. The molecule has 1 heterocycles. The van der Waals surface area contributed by atoms with Gasteiger partial charge in [-0.05, 0) is 30.3 Å². The van der Waals surface area contributed by atoms with Crippen molar-refractivity contribution in [2.45, 2.75) is 4.90 Å². The summed E-state index contributed by atoms with van der Waals surface area (Å²) in [5.74, 6) is -2.70. The minimum absolute atomic E-state index is 0.0721. The molecule has 1 aliphatic rings. The van der Waals surface area contributed by atoms with Crippen LogP contribution in [0.25, 0.3) is 0 Å². The summed E-state index contributed by atoms with van der Waals surface area (Å²) in [4.78, 5) is 11.2. The van der Waals surface area contributed by atoms with Gasteiger partial charge in [-0.15, -0.1) is 0 Å². The molecule has 11 heteroatoms. The molecule has 0 radical (unpaired) electrons. The van der Waals surface area contributed by atoms with Crippen LogP contribution in [0.2, 0.25) is 0 Å². The smallest absolute Gasteiger partial charge is 0.295 e. The van der Waals surface area contributed by atoms with Gasteiger partial charge in [0.2, 0.25) is 10.0 Å². The number of sulfonamides is 1. The molecule has 3 rings (SSSR count). The van der Waals surface area contributed by atoms with Crippen LogP contribution in [0.4, 0.5) is 24.5 Å². The van der Waals surface area contributed by atoms with Crippen LogP contribution in [-0.4, -0.2) is 43.8 Å². The maximum Gasteiger partial charge on any atom is 0.295 e. The van der Waals surface area contributed by atoms with E-state index in [2.05, 4.69) is 0 Å². The van der Waals surface area contributed by atoms with Gasteiger partial charge in [0.1, 0.15) is 28.0 Å². The van der Waals surface area contributed by atoms with Gasteiger partial charge in [-0.2, -0.15) is 4.31 Å². The molecule has 7 nitrogen and oxygen atoms in total. The molecular formula is C16H14F3N3O4S. The first-order valence-electron chi connectivity index (χ1n) is 7.84. The summed E-state index contributed by atoms with van der Waals surface area (Å²) in [6, 6.07) is 5.29. The molecule has 2 aromatic carbocycles. The maximum absolute atomic E-state index is 13.8. The molecule has 0 N–H and O–H groups in total. The van der Waals surface area contributed by atoms with Gasteiger partial charge in [-0.3, -0.25) is 10.1 Å². The fraction of sp³-hybridized carbons (Fsp3) is 0.250. The number of piperazine rings is 1. The molecule has 144 valence electrons. The number of anilines is 1. The third-order valence-electron chi connectivity index (χ3n) is 4.22. The fourth-order valence-corrected chi connectivity index (χ4v) is 4.39. The number of rotatable bonds is 4. The van der Waals surface area contributed by atoms with E-state index in [-0.39, 0.29) is 31.9 Å². The van der Waals surface area contributed by atoms with Crippen LogP contribution in [0.5, 0.6) is 0 Å². The number of hydrogen-bond acceptors (Lipinski definition) is 5. The van der Waals surface area contributed by atoms with E-state index in [0.717, 1.165) is 28.6 Å². The van der Waals surface area contributed by atoms with Gasteiger partial charge in [-0.25, -0.2) is 21.6 Å². The summed E-state index contributed by atoms with van der Waals surface area (Å²) >= 11 is 0. The number of benzene rings is 2. The number of hydrogen-bond donors (Lipinski definition) is 0. The van der Waals surface area contributed by atoms with Crippen LogP contribution in [0, 0.1) is 27.6 Å². The van der Waals surface area contributed by atoms with Crippen molar-refractivity contribution in [3.8, 4) is 0 Å². The van der Waals surface area contributed by atoms with E-state index in [1.165, 1.54) is 6.07 Å². The first-order chi connectivity index (χ1) is 12.7. The van der Waals surface area contributed by atoms with E-state index in [9.17, 15) is 31.7 Å². The van der Waals surface area contributed by atoms with Crippen molar-refractivity contribution in [3.63, 3.8) is 0 Å². The van der Waals surface area contributed by atoms with Gasteiger partial charge in [0.25, 0.3) is 5.69 Å². The SMILES string of the molecule is O=[N+]([O-])c1cc(F)ccc1N1CCN(S(=O)(=O)c2cc(F)ccc2F)CC1. The summed E-state index contributed by atoms with van der Waals surface area (Å²) in [5.41, 5.74) is -0.266. The van der Waals surface area contributed by atoms with Gasteiger partial charge >= 0.3 is 0 Å². The number of nitro benzene ring substituents is 1. The minimum Gasteiger partial charge on any atom is -0.363 e. The van der Waals surface area contributed by atoms with Gasteiger partial charge in [0.05, 0.1) is 11.0 Å². The zero-order valence-corrected chi connectivity index (χ0v) is 14.6. The quantitative estimate of drug-likeness (QED) is 0.581. The second-order valence-electron chi connectivity index (χ2n) is 5.86. The van der Waals surface area contributed by atoms with Gasteiger partial charge < -0.3 is 4.90 Å². The molecule has 1 saturated heterocycles. The Morgan fingerprint density at radius 1 is 0.926 bits per heavy atom. The van der Waals surface area contributed by atoms with E-state index < -0.39 is 43.0 Å². The summed E-state index contributed by atoms with van der Waals surface area (Å²) in [6.07, 6.45) is 0. The van der Waals surface area contributed by atoms with Crippen LogP contribution in [0.1, 0.15) is 0 Å². The average molecular weight is 401 g/mol. The summed E-state index contributed by atoms with van der Waals surface area (Å²) in [6.45, 7) is -0.0368. The second kappa shape index (κ2) is 7.16. The predicted molar refractivity (Wildman–Crippen MR) is 90.4 cm³/mol. The summed E-state index contributed by atoms with van der Waals surface area (Å²) < 4.78 is 66.6. The number of halogens is 3. The third kappa shape index (κ3) is 3.74. The average Bonchev–Trinajstić information content (AvgIpc) is 2.63. The standard InChI is InChI=1S/C16H14F3N3O4S/c17-11-2-4-14(15(9-11)22(23)24)20-5-7-21(8-6-20)27(25,26)16-10-12(18)1-3-13(16)19/h1-4,9-10H,5-8H2. The zero-order chi connectivity index (χ0) is 19.8. The Balaban J connectivity index is 1.82. The molecule has 0 bridgehead atoms. The fourth-order valence-electron chi connectivity index (χ4n) is 2.89. The van der Waals surface area contributed by atoms with Crippen molar-refractivity contribution in [1.29, 1.82) is 0 Å². The first kappa shape index (κ1) is 19.1. The van der Waals surface area contributed by atoms with Crippen LogP contribution < -0.4 is 4.90 Å². The molecule has 27 heavy (non-hydrogen) atoms. The Bertz CT molecular complexity index is 992. The van der Waals surface area contributed by atoms with Crippen molar-refractivity contribution < 1.29 is 26.5 Å². The molecule has 0 saturated carbocycles. The molecule has 0 unspecified atom stereocenters. The van der Waals surface area contributed by atoms with Gasteiger partial charge in [0.15, 0.2) is 0 Å². The highest BCUT2D eigenvalue weighted by molar-refractivity contribution is 7.89. The number of nitrogens with zero attached hydrogens (tertiary/aromatic N) is 3. The molecule has 2 aromatic rings. The Kier molecular flexibility index (Phi) is 5.07. The Hall–Kier alpha value is -2.66. The topological polar surface area (TPSA) is 83.8 Å². The van der Waals surface area contributed by atoms with E-state index in [1.54, 1.807) is 4.90 Å². The lowest BCUT2D eigenvalue weighted by Gasteiger charge is -2.35. The van der Waals surface area contributed by atoms with Gasteiger partial charge in [0, 0.05) is 26.2 Å². The van der Waals surface area contributed by atoms with Crippen molar-refractivity contribution in [2.75, 3.05) is 31.1 Å². The highest BCUT2D eigenvalue weighted by Crippen LogP contribution is 2.30. The number of nitro groups is 1. The summed E-state index contributed by atoms with van der Waals surface area (Å²) in [5, 5.41) is 11.1. The zero-order valence-electron chi connectivity index (χ0n) is 13.8. The first-order valence-corrected chi connectivity index (χ1v) is 9.28. The Morgan fingerprint density at radius 3 is 2.15 bits per heavy atom. The molecule has 0 aliphatic carbocycles. The minimum atomic E-state index is -4.26. The molecular weight excluding hydrogens is 387 g/mol. The van der Waals surface area contributed by atoms with Crippen LogP contribution in [0.3, 0.4) is 0 Å². The molecule has 1 aliphatic heterocycles. The van der Waals surface area contributed by atoms with Crippen LogP contribution in [-0.2, 0) is 10.0 Å². The van der Waals surface area contributed by atoms with Crippen molar-refractivity contribution in [2.24, 2.45) is 0 Å². The highest BCUT2D eigenvalue weighted by Gasteiger charge is 2.32. The van der Waals surface area contributed by atoms with Gasteiger partial charge in [-0.1, -0.05) is 0 Å². The summed E-state index contributed by atoms with van der Waals surface area (Å²) in [7, 11) is -4.26. The lowest BCUT2D eigenvalue weighted by Crippen LogP contribution is -2.49. The molecule has 0 aromatic heterocycles. The van der Waals surface area contributed by atoms with E-state index in [4.69, 9.17) is 0 Å². The monoisotopic (exact) mass is 401 g/mol.